The van der Waals surface area contributed by atoms with Gasteiger partial charge in [-0.15, -0.1) is 0 Å². The van der Waals surface area contributed by atoms with Gasteiger partial charge in [0, 0.05) is 19.4 Å². The molecule has 2 heterocycles. The molecule has 0 aliphatic rings. The van der Waals surface area contributed by atoms with E-state index in [0.29, 0.717) is 17.3 Å². The zero-order chi connectivity index (χ0) is 12.4. The van der Waals surface area contributed by atoms with E-state index in [1.54, 1.807) is 13.1 Å². The normalized spacial score (nSPS) is 10.5. The zero-order valence-electron chi connectivity index (χ0n) is 9.49. The molecule has 2 N–H and O–H groups in total. The topological polar surface area (TPSA) is 75.6 Å². The Kier molecular flexibility index (Phi) is 3.14. The molecule has 0 saturated heterocycles. The van der Waals surface area contributed by atoms with Crippen LogP contribution in [-0.4, -0.2) is 25.7 Å². The lowest BCUT2D eigenvalue weighted by Crippen LogP contribution is -2.25. The summed E-state index contributed by atoms with van der Waals surface area (Å²) in [6.45, 7) is 2.09. The number of amides is 1. The number of nitrogens with one attached hydrogen (secondary N) is 2. The van der Waals surface area contributed by atoms with Crippen LogP contribution in [0, 0.1) is 6.92 Å². The maximum atomic E-state index is 11.8. The van der Waals surface area contributed by atoms with Gasteiger partial charge in [-0.05, 0) is 6.92 Å². The quantitative estimate of drug-likeness (QED) is 0.858. The van der Waals surface area contributed by atoms with Crippen LogP contribution in [0.25, 0.3) is 0 Å². The average molecular weight is 254 g/mol. The zero-order valence-corrected chi connectivity index (χ0v) is 10.2. The molecule has 1 amide bonds. The van der Waals surface area contributed by atoms with E-state index in [9.17, 15) is 4.79 Å². The minimum Gasteiger partial charge on any atom is -0.343 e. The molecule has 90 valence electrons. The van der Waals surface area contributed by atoms with Crippen molar-refractivity contribution in [1.82, 2.24) is 25.1 Å². The standard InChI is InChI=1S/C10H12ClN5O/c1-6-8(11)9(15-14-6)10(17)13-5-7-12-3-4-16(7)2/h3-4H,5H2,1-2H3,(H,13,17)(H,14,15). The fraction of sp³-hybridized carbons (Fsp3) is 0.300. The van der Waals surface area contributed by atoms with Crippen LogP contribution >= 0.6 is 11.6 Å². The second-order valence-corrected chi connectivity index (χ2v) is 4.03. The summed E-state index contributed by atoms with van der Waals surface area (Å²) in [6.07, 6.45) is 3.49. The Morgan fingerprint density at radius 2 is 2.41 bits per heavy atom. The first-order valence-electron chi connectivity index (χ1n) is 5.04. The molecule has 0 aliphatic heterocycles. The van der Waals surface area contributed by atoms with Crippen LogP contribution in [0.2, 0.25) is 5.02 Å². The van der Waals surface area contributed by atoms with Gasteiger partial charge in [0.2, 0.25) is 0 Å². The summed E-state index contributed by atoms with van der Waals surface area (Å²) in [6, 6.07) is 0. The SMILES string of the molecule is Cc1[nH]nc(C(=O)NCc2nccn2C)c1Cl. The number of hydrogen-bond donors (Lipinski definition) is 2. The molecule has 0 atom stereocenters. The van der Waals surface area contributed by atoms with Crippen LogP contribution in [0.3, 0.4) is 0 Å². The van der Waals surface area contributed by atoms with Gasteiger partial charge >= 0.3 is 0 Å². The van der Waals surface area contributed by atoms with Crippen molar-refractivity contribution in [3.8, 4) is 0 Å². The second-order valence-electron chi connectivity index (χ2n) is 3.65. The fourth-order valence-electron chi connectivity index (χ4n) is 1.38. The third-order valence-electron chi connectivity index (χ3n) is 2.42. The Hall–Kier alpha value is -1.82. The average Bonchev–Trinajstić information content (AvgIpc) is 2.84. The van der Waals surface area contributed by atoms with Gasteiger partial charge in [0.1, 0.15) is 5.82 Å². The van der Waals surface area contributed by atoms with Crippen molar-refractivity contribution in [2.75, 3.05) is 0 Å². The summed E-state index contributed by atoms with van der Waals surface area (Å²) in [5, 5.41) is 9.56. The molecule has 6 nitrogen and oxygen atoms in total. The fourth-order valence-corrected chi connectivity index (χ4v) is 1.55. The Morgan fingerprint density at radius 3 is 2.94 bits per heavy atom. The molecule has 0 unspecified atom stereocenters. The number of rotatable bonds is 3. The van der Waals surface area contributed by atoms with Gasteiger partial charge in [0.15, 0.2) is 5.69 Å². The molecule has 7 heteroatoms. The van der Waals surface area contributed by atoms with Crippen LogP contribution < -0.4 is 5.32 Å². The minimum absolute atomic E-state index is 0.207. The van der Waals surface area contributed by atoms with Crippen molar-refractivity contribution in [2.45, 2.75) is 13.5 Å². The summed E-state index contributed by atoms with van der Waals surface area (Å²) >= 11 is 5.92. The monoisotopic (exact) mass is 253 g/mol. The van der Waals surface area contributed by atoms with Crippen LogP contribution in [0.15, 0.2) is 12.4 Å². The minimum atomic E-state index is -0.317. The van der Waals surface area contributed by atoms with Gasteiger partial charge in [0.25, 0.3) is 5.91 Å². The molecule has 0 saturated carbocycles. The molecular weight excluding hydrogens is 242 g/mol. The highest BCUT2D eigenvalue weighted by atomic mass is 35.5. The molecule has 2 aromatic rings. The van der Waals surface area contributed by atoms with E-state index in [1.165, 1.54) is 0 Å². The molecule has 0 aliphatic carbocycles. The van der Waals surface area contributed by atoms with Crippen LogP contribution in [-0.2, 0) is 13.6 Å². The summed E-state index contributed by atoms with van der Waals surface area (Å²) in [7, 11) is 1.86. The molecule has 0 bridgehead atoms. The third kappa shape index (κ3) is 2.31. The number of halogens is 1. The number of aromatic nitrogens is 4. The molecule has 2 aromatic heterocycles. The van der Waals surface area contributed by atoms with Gasteiger partial charge in [-0.1, -0.05) is 11.6 Å². The predicted molar refractivity (Wildman–Crippen MR) is 62.7 cm³/mol. The van der Waals surface area contributed by atoms with Gasteiger partial charge < -0.3 is 9.88 Å². The predicted octanol–water partition coefficient (Wildman–Crippen LogP) is 1.04. The molecule has 0 radical (unpaired) electrons. The van der Waals surface area contributed by atoms with Crippen molar-refractivity contribution in [3.63, 3.8) is 0 Å². The maximum absolute atomic E-state index is 11.8. The first kappa shape index (κ1) is 11.7. The number of imidazole rings is 1. The van der Waals surface area contributed by atoms with E-state index in [1.807, 2.05) is 17.8 Å². The van der Waals surface area contributed by atoms with Crippen molar-refractivity contribution in [2.24, 2.45) is 7.05 Å². The summed E-state index contributed by atoms with van der Waals surface area (Å²) < 4.78 is 1.83. The Bertz CT molecular complexity index is 545. The number of hydrogen-bond acceptors (Lipinski definition) is 3. The first-order valence-corrected chi connectivity index (χ1v) is 5.42. The number of aromatic amines is 1. The molecule has 2 rings (SSSR count). The molecule has 0 aromatic carbocycles. The lowest BCUT2D eigenvalue weighted by atomic mass is 10.3. The maximum Gasteiger partial charge on any atom is 0.273 e. The lowest BCUT2D eigenvalue weighted by molar-refractivity contribution is 0.0944. The molecule has 0 spiro atoms. The number of aryl methyl sites for hydroxylation is 2. The summed E-state index contributed by atoms with van der Waals surface area (Å²) in [5.74, 6) is 0.448. The number of nitrogens with zero attached hydrogens (tertiary/aromatic N) is 3. The third-order valence-corrected chi connectivity index (χ3v) is 2.88. The van der Waals surface area contributed by atoms with Crippen molar-refractivity contribution >= 4 is 17.5 Å². The Balaban J connectivity index is 2.03. The van der Waals surface area contributed by atoms with Crippen LogP contribution in [0.4, 0.5) is 0 Å². The van der Waals surface area contributed by atoms with Crippen molar-refractivity contribution < 1.29 is 4.79 Å². The van der Waals surface area contributed by atoms with Crippen LogP contribution in [0.5, 0.6) is 0 Å². The lowest BCUT2D eigenvalue weighted by Gasteiger charge is -2.03. The van der Waals surface area contributed by atoms with E-state index in [4.69, 9.17) is 11.6 Å². The van der Waals surface area contributed by atoms with Crippen LogP contribution in [0.1, 0.15) is 22.0 Å². The van der Waals surface area contributed by atoms with E-state index in [0.717, 1.165) is 5.82 Å². The molecule has 0 fully saturated rings. The Labute approximate surface area is 103 Å². The summed E-state index contributed by atoms with van der Waals surface area (Å²) in [5.41, 5.74) is 0.882. The number of carbonyl (C=O) groups excluding carboxylic acids is 1. The smallest absolute Gasteiger partial charge is 0.273 e. The highest BCUT2D eigenvalue weighted by molar-refractivity contribution is 6.34. The first-order chi connectivity index (χ1) is 8.09. The van der Waals surface area contributed by atoms with Gasteiger partial charge in [-0.3, -0.25) is 9.89 Å². The van der Waals surface area contributed by atoms with E-state index in [2.05, 4.69) is 20.5 Å². The summed E-state index contributed by atoms with van der Waals surface area (Å²) in [4.78, 5) is 15.9. The van der Waals surface area contributed by atoms with Crippen molar-refractivity contribution in [1.29, 1.82) is 0 Å². The Morgan fingerprint density at radius 1 is 1.65 bits per heavy atom. The molecule has 17 heavy (non-hydrogen) atoms. The van der Waals surface area contributed by atoms with Gasteiger partial charge in [-0.25, -0.2) is 4.98 Å². The highest BCUT2D eigenvalue weighted by Crippen LogP contribution is 2.16. The highest BCUT2D eigenvalue weighted by Gasteiger charge is 2.16. The number of H-pyrrole nitrogens is 1. The van der Waals surface area contributed by atoms with E-state index in [-0.39, 0.29) is 11.6 Å². The molecular formula is C10H12ClN5O. The van der Waals surface area contributed by atoms with Gasteiger partial charge in [0.05, 0.1) is 17.3 Å². The number of carbonyl (C=O) groups is 1. The van der Waals surface area contributed by atoms with Gasteiger partial charge in [-0.2, -0.15) is 5.10 Å². The van der Waals surface area contributed by atoms with E-state index < -0.39 is 0 Å². The second kappa shape index (κ2) is 4.58. The van der Waals surface area contributed by atoms with E-state index >= 15 is 0 Å². The van der Waals surface area contributed by atoms with Crippen molar-refractivity contribution in [3.05, 3.63) is 34.6 Å². The largest absolute Gasteiger partial charge is 0.343 e.